The highest BCUT2D eigenvalue weighted by atomic mass is 32.2. The van der Waals surface area contributed by atoms with Crippen LogP contribution in [0.3, 0.4) is 0 Å². The van der Waals surface area contributed by atoms with Crippen LogP contribution in [-0.4, -0.2) is 22.6 Å². The number of fused-ring (bicyclic) bond motifs is 1. The summed E-state index contributed by atoms with van der Waals surface area (Å²) in [7, 11) is 2.15. The van der Waals surface area contributed by atoms with Crippen LogP contribution in [0.5, 0.6) is 0 Å². The van der Waals surface area contributed by atoms with Crippen LogP contribution >= 0.6 is 11.9 Å². The molecule has 1 aromatic carbocycles. The number of nitrogens with zero attached hydrogens (tertiary/aromatic N) is 1. The molecule has 20 heavy (non-hydrogen) atoms. The molecule has 0 aliphatic heterocycles. The van der Waals surface area contributed by atoms with E-state index in [0.717, 1.165) is 18.5 Å². The predicted octanol–water partition coefficient (Wildman–Crippen LogP) is 5.38. The minimum atomic E-state index is 0.277. The predicted molar refractivity (Wildman–Crippen MR) is 91.2 cm³/mol. The number of hydrogen-bond acceptors (Lipinski definition) is 3. The first-order valence-electron chi connectivity index (χ1n) is 7.30. The number of furan rings is 1. The summed E-state index contributed by atoms with van der Waals surface area (Å²) in [6, 6.07) is 8.46. The van der Waals surface area contributed by atoms with Gasteiger partial charge in [0.25, 0.3) is 0 Å². The van der Waals surface area contributed by atoms with E-state index in [1.54, 1.807) is 6.26 Å². The van der Waals surface area contributed by atoms with Crippen molar-refractivity contribution in [2.45, 2.75) is 45.8 Å². The van der Waals surface area contributed by atoms with Crippen molar-refractivity contribution in [2.24, 2.45) is 0 Å². The summed E-state index contributed by atoms with van der Waals surface area (Å²) >= 11 is 1.89. The summed E-state index contributed by atoms with van der Waals surface area (Å²) in [5.41, 5.74) is 2.32. The molecule has 2 aromatic rings. The second kappa shape index (κ2) is 7.75. The number of benzene rings is 1. The highest BCUT2D eigenvalue weighted by molar-refractivity contribution is 7.98. The molecule has 1 aromatic heterocycles. The Bertz CT molecular complexity index is 513. The highest BCUT2D eigenvalue weighted by Crippen LogP contribution is 2.26. The van der Waals surface area contributed by atoms with Crippen molar-refractivity contribution in [1.29, 1.82) is 0 Å². The van der Waals surface area contributed by atoms with Crippen molar-refractivity contribution < 1.29 is 4.42 Å². The van der Waals surface area contributed by atoms with Gasteiger partial charge in [-0.05, 0) is 51.9 Å². The van der Waals surface area contributed by atoms with E-state index in [2.05, 4.69) is 50.3 Å². The van der Waals surface area contributed by atoms with Gasteiger partial charge in [0.15, 0.2) is 0 Å². The topological polar surface area (TPSA) is 16.4 Å². The number of hydrogen-bond donors (Lipinski definition) is 0. The lowest BCUT2D eigenvalue weighted by Crippen LogP contribution is -2.21. The Morgan fingerprint density at radius 3 is 2.50 bits per heavy atom. The Kier molecular flexibility index (Phi) is 6.63. The molecule has 0 unspecified atom stereocenters. The van der Waals surface area contributed by atoms with Crippen LogP contribution in [0, 0.1) is 0 Å². The number of rotatable bonds is 4. The molecular formula is C17H27NOS. The Hall–Kier alpha value is -0.930. The SMILES string of the molecule is CC.CN(CCc1ccc2ccoc2c1)SC(C)(C)C. The van der Waals surface area contributed by atoms with Gasteiger partial charge in [-0.2, -0.15) is 0 Å². The monoisotopic (exact) mass is 293 g/mol. The van der Waals surface area contributed by atoms with Crippen molar-refractivity contribution >= 4 is 22.9 Å². The fourth-order valence-corrected chi connectivity index (χ4v) is 3.07. The zero-order valence-corrected chi connectivity index (χ0v) is 14.4. The van der Waals surface area contributed by atoms with Gasteiger partial charge in [0, 0.05) is 16.7 Å². The van der Waals surface area contributed by atoms with E-state index in [0.29, 0.717) is 0 Å². The van der Waals surface area contributed by atoms with Crippen LogP contribution < -0.4 is 0 Å². The summed E-state index contributed by atoms with van der Waals surface area (Å²) in [5, 5.41) is 1.18. The molecule has 0 atom stereocenters. The zero-order chi connectivity index (χ0) is 15.2. The molecule has 1 heterocycles. The first-order valence-corrected chi connectivity index (χ1v) is 8.08. The molecule has 3 heteroatoms. The first kappa shape index (κ1) is 17.1. The minimum Gasteiger partial charge on any atom is -0.464 e. The summed E-state index contributed by atoms with van der Waals surface area (Å²) in [6.07, 6.45) is 2.80. The van der Waals surface area contributed by atoms with Crippen LogP contribution in [0.4, 0.5) is 0 Å². The lowest BCUT2D eigenvalue weighted by Gasteiger charge is -2.25. The zero-order valence-electron chi connectivity index (χ0n) is 13.6. The third-order valence-corrected chi connectivity index (χ3v) is 3.71. The second-order valence-corrected chi connectivity index (χ2v) is 7.63. The first-order chi connectivity index (χ1) is 9.44. The summed E-state index contributed by atoms with van der Waals surface area (Å²) in [5.74, 6) is 0. The normalized spacial score (nSPS) is 11.6. The van der Waals surface area contributed by atoms with Gasteiger partial charge in [0.2, 0.25) is 0 Å². The van der Waals surface area contributed by atoms with E-state index in [1.165, 1.54) is 10.9 Å². The molecule has 2 rings (SSSR count). The molecule has 0 aliphatic rings. The van der Waals surface area contributed by atoms with Gasteiger partial charge in [-0.15, -0.1) is 0 Å². The molecule has 0 bridgehead atoms. The molecule has 112 valence electrons. The van der Waals surface area contributed by atoms with E-state index in [1.807, 2.05) is 31.9 Å². The van der Waals surface area contributed by atoms with Gasteiger partial charge < -0.3 is 4.42 Å². The van der Waals surface area contributed by atoms with Crippen LogP contribution in [-0.2, 0) is 6.42 Å². The second-order valence-electron chi connectivity index (χ2n) is 5.60. The summed E-state index contributed by atoms with van der Waals surface area (Å²) < 4.78 is 8.02. The van der Waals surface area contributed by atoms with Gasteiger partial charge in [-0.1, -0.05) is 37.9 Å². The summed E-state index contributed by atoms with van der Waals surface area (Å²) in [4.78, 5) is 0. The van der Waals surface area contributed by atoms with Crippen molar-refractivity contribution in [1.82, 2.24) is 4.31 Å². The quantitative estimate of drug-likeness (QED) is 0.704. The van der Waals surface area contributed by atoms with E-state index < -0.39 is 0 Å². The van der Waals surface area contributed by atoms with Crippen molar-refractivity contribution in [3.63, 3.8) is 0 Å². The van der Waals surface area contributed by atoms with Crippen molar-refractivity contribution in [3.05, 3.63) is 36.1 Å². The van der Waals surface area contributed by atoms with E-state index in [4.69, 9.17) is 4.42 Å². The van der Waals surface area contributed by atoms with Gasteiger partial charge in [-0.25, -0.2) is 0 Å². The lowest BCUT2D eigenvalue weighted by molar-refractivity contribution is 0.554. The van der Waals surface area contributed by atoms with Crippen LogP contribution in [0.2, 0.25) is 0 Å². The molecule has 0 saturated heterocycles. The molecule has 2 nitrogen and oxygen atoms in total. The molecule has 0 amide bonds. The van der Waals surface area contributed by atoms with Gasteiger partial charge in [0.1, 0.15) is 5.58 Å². The van der Waals surface area contributed by atoms with E-state index >= 15 is 0 Å². The minimum absolute atomic E-state index is 0.277. The van der Waals surface area contributed by atoms with Gasteiger partial charge >= 0.3 is 0 Å². The molecular weight excluding hydrogens is 266 g/mol. The van der Waals surface area contributed by atoms with Crippen molar-refractivity contribution in [3.8, 4) is 0 Å². The third kappa shape index (κ3) is 5.59. The Morgan fingerprint density at radius 2 is 1.85 bits per heavy atom. The average molecular weight is 293 g/mol. The molecule has 0 saturated carbocycles. The number of likely N-dealkylation sites (N-methyl/N-ethyl adjacent to an activating group) is 1. The molecule has 0 spiro atoms. The van der Waals surface area contributed by atoms with Gasteiger partial charge in [-0.3, -0.25) is 4.31 Å². The lowest BCUT2D eigenvalue weighted by atomic mass is 10.1. The maximum absolute atomic E-state index is 5.43. The standard InChI is InChI=1S/C15H21NOS.C2H6/c1-15(2,3)18-16(4)9-7-12-5-6-13-8-10-17-14(13)11-12;1-2/h5-6,8,10-11H,7,9H2,1-4H3;1-2H3. The Balaban J connectivity index is 0.000000956. The fraction of sp³-hybridized carbons (Fsp3) is 0.529. The van der Waals surface area contributed by atoms with Gasteiger partial charge in [0.05, 0.1) is 6.26 Å². The molecule has 0 aliphatic carbocycles. The molecule has 0 N–H and O–H groups in total. The van der Waals surface area contributed by atoms with E-state index in [9.17, 15) is 0 Å². The van der Waals surface area contributed by atoms with E-state index in [-0.39, 0.29) is 4.75 Å². The molecule has 0 radical (unpaired) electrons. The maximum atomic E-state index is 5.43. The Morgan fingerprint density at radius 1 is 1.15 bits per heavy atom. The van der Waals surface area contributed by atoms with Crippen LogP contribution in [0.15, 0.2) is 34.9 Å². The average Bonchev–Trinajstić information content (AvgIpc) is 2.84. The largest absolute Gasteiger partial charge is 0.464 e. The summed E-state index contributed by atoms with van der Waals surface area (Å²) in [6.45, 7) is 11.8. The Labute approximate surface area is 127 Å². The molecule has 0 fully saturated rings. The van der Waals surface area contributed by atoms with Crippen LogP contribution in [0.1, 0.15) is 40.2 Å². The smallest absolute Gasteiger partial charge is 0.134 e. The fourth-order valence-electron chi connectivity index (χ4n) is 1.95. The van der Waals surface area contributed by atoms with Crippen molar-refractivity contribution in [2.75, 3.05) is 13.6 Å². The third-order valence-electron chi connectivity index (χ3n) is 2.67. The van der Waals surface area contributed by atoms with Crippen LogP contribution in [0.25, 0.3) is 11.0 Å². The highest BCUT2D eigenvalue weighted by Gasteiger charge is 2.14. The maximum Gasteiger partial charge on any atom is 0.134 e.